The summed E-state index contributed by atoms with van der Waals surface area (Å²) in [5.74, 6) is 0.244. The fourth-order valence-corrected chi connectivity index (χ4v) is 5.23. The van der Waals surface area contributed by atoms with Crippen LogP contribution < -0.4 is 27.7 Å². The molecule has 2 saturated heterocycles. The Labute approximate surface area is 239 Å². The van der Waals surface area contributed by atoms with Crippen LogP contribution in [0.25, 0.3) is 0 Å². The Bertz CT molecular complexity index is 1040. The van der Waals surface area contributed by atoms with Crippen LogP contribution in [0.1, 0.15) is 6.42 Å². The van der Waals surface area contributed by atoms with Crippen molar-refractivity contribution in [3.05, 3.63) is 34.4 Å². The highest BCUT2D eigenvalue weighted by Crippen LogP contribution is 2.31. The Balaban J connectivity index is 1.43. The SMILES string of the molecule is NCC1O[C@H](OC2C(N)CC(N)[C@@H](OC3O[C@H](COc4ccc([N+](=O)[O-])cc4)C(O)[C@@H](N)[C@H]3O)[C@H]2O)C(O)[C@@H](O)[C@@H]1O. The minimum absolute atomic E-state index is 0.0465. The third-order valence-electron chi connectivity index (χ3n) is 7.76. The van der Waals surface area contributed by atoms with E-state index in [4.69, 9.17) is 46.6 Å². The third kappa shape index (κ3) is 6.82. The van der Waals surface area contributed by atoms with E-state index < -0.39 is 96.7 Å². The van der Waals surface area contributed by atoms with Crippen LogP contribution in [0.3, 0.4) is 0 Å². The molecule has 18 nitrogen and oxygen atoms in total. The maximum absolute atomic E-state index is 11.2. The Morgan fingerprint density at radius 2 is 1.33 bits per heavy atom. The van der Waals surface area contributed by atoms with Gasteiger partial charge in [-0.15, -0.1) is 0 Å². The molecular formula is C24H39N5O13. The molecule has 42 heavy (non-hydrogen) atoms. The molecule has 0 radical (unpaired) electrons. The highest BCUT2D eigenvalue weighted by molar-refractivity contribution is 5.36. The third-order valence-corrected chi connectivity index (χ3v) is 7.76. The van der Waals surface area contributed by atoms with Crippen LogP contribution in [0, 0.1) is 10.1 Å². The smallest absolute Gasteiger partial charge is 0.269 e. The van der Waals surface area contributed by atoms with E-state index in [9.17, 15) is 40.8 Å². The van der Waals surface area contributed by atoms with E-state index in [-0.39, 0.29) is 31.0 Å². The van der Waals surface area contributed by atoms with Gasteiger partial charge in [0, 0.05) is 30.8 Å². The molecule has 0 amide bonds. The number of benzene rings is 1. The Hall–Kier alpha value is -2.14. The van der Waals surface area contributed by atoms with Gasteiger partial charge in [-0.05, 0) is 18.6 Å². The molecule has 0 aromatic heterocycles. The van der Waals surface area contributed by atoms with Gasteiger partial charge >= 0.3 is 0 Å². The molecule has 14 N–H and O–H groups in total. The molecule has 1 aromatic rings. The molecule has 15 atom stereocenters. The van der Waals surface area contributed by atoms with Gasteiger partial charge in [-0.25, -0.2) is 0 Å². The summed E-state index contributed by atoms with van der Waals surface area (Å²) in [5, 5.41) is 73.9. The lowest BCUT2D eigenvalue weighted by atomic mass is 9.84. The number of nitro groups is 1. The van der Waals surface area contributed by atoms with E-state index in [0.717, 1.165) is 0 Å². The molecule has 1 aromatic carbocycles. The first-order chi connectivity index (χ1) is 19.8. The maximum atomic E-state index is 11.2. The van der Waals surface area contributed by atoms with E-state index in [1.54, 1.807) is 0 Å². The minimum atomic E-state index is -1.70. The van der Waals surface area contributed by atoms with Crippen molar-refractivity contribution in [2.24, 2.45) is 22.9 Å². The largest absolute Gasteiger partial charge is 0.491 e. The average molecular weight is 606 g/mol. The lowest BCUT2D eigenvalue weighted by Crippen LogP contribution is -2.68. The molecule has 238 valence electrons. The number of aliphatic hydroxyl groups excluding tert-OH is 6. The van der Waals surface area contributed by atoms with Crippen molar-refractivity contribution in [2.75, 3.05) is 13.2 Å². The van der Waals surface area contributed by atoms with Gasteiger partial charge in [0.1, 0.15) is 73.4 Å². The summed E-state index contributed by atoms with van der Waals surface area (Å²) in [6.45, 7) is -0.471. The van der Waals surface area contributed by atoms with Crippen molar-refractivity contribution < 1.29 is 59.2 Å². The number of hydrogen-bond donors (Lipinski definition) is 10. The summed E-state index contributed by atoms with van der Waals surface area (Å²) in [6, 6.07) is 2.17. The first kappa shape index (κ1) is 32.8. The summed E-state index contributed by atoms with van der Waals surface area (Å²) < 4.78 is 28.4. The second-order valence-electron chi connectivity index (χ2n) is 10.7. The van der Waals surface area contributed by atoms with Gasteiger partial charge in [0.15, 0.2) is 12.6 Å². The molecular weight excluding hydrogens is 566 g/mol. The summed E-state index contributed by atoms with van der Waals surface area (Å²) in [7, 11) is 0. The van der Waals surface area contributed by atoms with Crippen LogP contribution >= 0.6 is 0 Å². The predicted octanol–water partition coefficient (Wildman–Crippen LogP) is -5.30. The number of ether oxygens (including phenoxy) is 5. The van der Waals surface area contributed by atoms with Crippen LogP contribution in [-0.4, -0.2) is 140 Å². The van der Waals surface area contributed by atoms with Crippen LogP contribution in [0.5, 0.6) is 5.75 Å². The standard InChI is InChI=1S/C24H39N5O13/c25-6-12-16(31)18(33)19(34)24(39-12)42-22-11(27)5-10(26)21(20(22)35)41-23-17(32)14(28)15(30)13(40-23)7-38-9-3-1-8(2-4-9)29(36)37/h1-4,10-24,30-35H,5-7,25-28H2/t10?,11?,12?,13-,14-,15?,16-,17-,18+,19?,20-,21-,22?,23?,24-/m1/s1. The van der Waals surface area contributed by atoms with Crippen molar-refractivity contribution in [3.8, 4) is 5.75 Å². The molecule has 0 bridgehead atoms. The molecule has 1 saturated carbocycles. The molecule has 2 heterocycles. The molecule has 3 aliphatic rings. The Kier molecular flexibility index (Phi) is 10.7. The monoisotopic (exact) mass is 605 g/mol. The number of nitrogens with two attached hydrogens (primary N) is 4. The predicted molar refractivity (Wildman–Crippen MR) is 139 cm³/mol. The molecule has 18 heteroatoms. The van der Waals surface area contributed by atoms with Gasteiger partial charge in [0.05, 0.1) is 11.0 Å². The van der Waals surface area contributed by atoms with Crippen molar-refractivity contribution >= 4 is 5.69 Å². The van der Waals surface area contributed by atoms with E-state index in [0.29, 0.717) is 0 Å². The zero-order valence-electron chi connectivity index (χ0n) is 22.4. The van der Waals surface area contributed by atoms with Gasteiger partial charge in [-0.3, -0.25) is 10.1 Å². The number of rotatable bonds is 9. The van der Waals surface area contributed by atoms with E-state index in [1.807, 2.05) is 0 Å². The number of nitro benzene ring substituents is 1. The highest BCUT2D eigenvalue weighted by atomic mass is 16.7. The van der Waals surface area contributed by atoms with E-state index in [1.165, 1.54) is 24.3 Å². The lowest BCUT2D eigenvalue weighted by Gasteiger charge is -2.48. The Morgan fingerprint density at radius 1 is 0.786 bits per heavy atom. The average Bonchev–Trinajstić information content (AvgIpc) is 2.96. The number of non-ortho nitro benzene ring substituents is 1. The molecule has 2 aliphatic heterocycles. The number of hydrogen-bond acceptors (Lipinski definition) is 17. The Morgan fingerprint density at radius 3 is 1.88 bits per heavy atom. The highest BCUT2D eigenvalue weighted by Gasteiger charge is 2.51. The maximum Gasteiger partial charge on any atom is 0.269 e. The second kappa shape index (κ2) is 13.7. The van der Waals surface area contributed by atoms with E-state index in [2.05, 4.69) is 0 Å². The summed E-state index contributed by atoms with van der Waals surface area (Å²) >= 11 is 0. The summed E-state index contributed by atoms with van der Waals surface area (Å²) in [6.07, 6.45) is -17.0. The number of nitrogens with zero attached hydrogens (tertiary/aromatic N) is 1. The topological polar surface area (TPSA) is 315 Å². The zero-order valence-corrected chi connectivity index (χ0v) is 22.4. The molecule has 3 fully saturated rings. The van der Waals surface area contributed by atoms with Crippen molar-refractivity contribution in [2.45, 2.75) is 98.2 Å². The molecule has 4 rings (SSSR count). The fourth-order valence-electron chi connectivity index (χ4n) is 5.23. The molecule has 0 spiro atoms. The van der Waals surface area contributed by atoms with Crippen LogP contribution in [0.4, 0.5) is 5.69 Å². The van der Waals surface area contributed by atoms with Gasteiger partial charge in [0.25, 0.3) is 5.69 Å². The number of aliphatic hydroxyl groups is 6. The summed E-state index contributed by atoms with van der Waals surface area (Å²) in [5.41, 5.74) is 23.8. The van der Waals surface area contributed by atoms with Gasteiger partial charge < -0.3 is 77.3 Å². The van der Waals surface area contributed by atoms with Crippen molar-refractivity contribution in [3.63, 3.8) is 0 Å². The van der Waals surface area contributed by atoms with Crippen LogP contribution in [0.15, 0.2) is 24.3 Å². The minimum Gasteiger partial charge on any atom is -0.491 e. The van der Waals surface area contributed by atoms with Gasteiger partial charge in [-0.2, -0.15) is 0 Å². The first-order valence-corrected chi connectivity index (χ1v) is 13.4. The van der Waals surface area contributed by atoms with Crippen LogP contribution in [-0.2, 0) is 18.9 Å². The van der Waals surface area contributed by atoms with Crippen LogP contribution in [0.2, 0.25) is 0 Å². The van der Waals surface area contributed by atoms with Crippen molar-refractivity contribution in [1.82, 2.24) is 0 Å². The molecule has 7 unspecified atom stereocenters. The van der Waals surface area contributed by atoms with Gasteiger partial charge in [-0.1, -0.05) is 0 Å². The second-order valence-corrected chi connectivity index (χ2v) is 10.7. The fraction of sp³-hybridized carbons (Fsp3) is 0.750. The first-order valence-electron chi connectivity index (χ1n) is 13.4. The zero-order chi connectivity index (χ0) is 30.9. The quantitative estimate of drug-likeness (QED) is 0.0927. The van der Waals surface area contributed by atoms with Gasteiger partial charge in [0.2, 0.25) is 0 Å². The normalized spacial score (nSPS) is 44.5. The molecule has 1 aliphatic carbocycles. The lowest BCUT2D eigenvalue weighted by molar-refractivity contribution is -0.384. The summed E-state index contributed by atoms with van der Waals surface area (Å²) in [4.78, 5) is 10.3. The van der Waals surface area contributed by atoms with E-state index >= 15 is 0 Å². The van der Waals surface area contributed by atoms with Crippen molar-refractivity contribution in [1.29, 1.82) is 0 Å².